The second kappa shape index (κ2) is 12.2. The zero-order chi connectivity index (χ0) is 25.3. The summed E-state index contributed by atoms with van der Waals surface area (Å²) in [6.45, 7) is 6.21. The van der Waals surface area contributed by atoms with E-state index in [1.807, 2.05) is 12.1 Å². The van der Waals surface area contributed by atoms with Gasteiger partial charge in [-0.05, 0) is 86.3 Å². The van der Waals surface area contributed by atoms with Gasteiger partial charge in [0.05, 0.1) is 24.7 Å². The molecule has 4 aromatic rings. The van der Waals surface area contributed by atoms with Crippen molar-refractivity contribution in [2.75, 3.05) is 20.3 Å². The average molecular weight is 486 g/mol. The number of fused-ring (bicyclic) bond motifs is 1. The molecule has 0 saturated carbocycles. The summed E-state index contributed by atoms with van der Waals surface area (Å²) in [6.07, 6.45) is 3.85. The zero-order valence-corrected chi connectivity index (χ0v) is 21.4. The number of ether oxygens (including phenoxy) is 2. The van der Waals surface area contributed by atoms with Crippen molar-refractivity contribution < 1.29 is 14.3 Å². The molecule has 0 atom stereocenters. The van der Waals surface area contributed by atoms with Crippen LogP contribution in [0.15, 0.2) is 66.7 Å². The van der Waals surface area contributed by atoms with E-state index in [0.717, 1.165) is 60.6 Å². The molecule has 1 amide bonds. The minimum Gasteiger partial charge on any atom is -0.497 e. The fourth-order valence-corrected chi connectivity index (χ4v) is 4.26. The van der Waals surface area contributed by atoms with Crippen molar-refractivity contribution in [3.8, 4) is 11.5 Å². The first-order valence-electron chi connectivity index (χ1n) is 12.6. The van der Waals surface area contributed by atoms with Crippen molar-refractivity contribution >= 4 is 16.9 Å². The molecule has 0 radical (unpaired) electrons. The lowest BCUT2D eigenvalue weighted by molar-refractivity contribution is 0.0953. The van der Waals surface area contributed by atoms with Crippen molar-refractivity contribution in [3.63, 3.8) is 0 Å². The SMILES string of the molecule is COc1ccc(C(=O)NCCCCCc2nc3ccccc3n2CCOc2ccc(C)c(C)c2)cc1. The second-order valence-corrected chi connectivity index (χ2v) is 9.06. The first-order valence-corrected chi connectivity index (χ1v) is 12.6. The number of nitrogens with zero attached hydrogens (tertiary/aromatic N) is 2. The molecule has 4 rings (SSSR count). The Morgan fingerprint density at radius 1 is 0.917 bits per heavy atom. The molecule has 0 bridgehead atoms. The first kappa shape index (κ1) is 25.3. The molecular formula is C30H35N3O3. The third-order valence-electron chi connectivity index (χ3n) is 6.51. The summed E-state index contributed by atoms with van der Waals surface area (Å²) in [5.41, 5.74) is 5.31. The summed E-state index contributed by atoms with van der Waals surface area (Å²) >= 11 is 0. The number of imidazole rings is 1. The quantitative estimate of drug-likeness (QED) is 0.254. The van der Waals surface area contributed by atoms with Crippen LogP contribution in [0.3, 0.4) is 0 Å². The zero-order valence-electron chi connectivity index (χ0n) is 21.4. The molecule has 0 aliphatic heterocycles. The van der Waals surface area contributed by atoms with E-state index in [-0.39, 0.29) is 5.91 Å². The lowest BCUT2D eigenvalue weighted by atomic mass is 10.1. The number of hydrogen-bond donors (Lipinski definition) is 1. The molecule has 0 aliphatic carbocycles. The number of hydrogen-bond acceptors (Lipinski definition) is 4. The maximum Gasteiger partial charge on any atom is 0.251 e. The molecule has 1 N–H and O–H groups in total. The molecule has 6 nitrogen and oxygen atoms in total. The summed E-state index contributed by atoms with van der Waals surface area (Å²) in [5.74, 6) is 2.68. The van der Waals surface area contributed by atoms with Crippen LogP contribution in [0.25, 0.3) is 11.0 Å². The monoisotopic (exact) mass is 485 g/mol. The molecule has 3 aromatic carbocycles. The van der Waals surface area contributed by atoms with Gasteiger partial charge in [-0.2, -0.15) is 0 Å². The van der Waals surface area contributed by atoms with Gasteiger partial charge in [0.1, 0.15) is 23.9 Å². The molecule has 6 heteroatoms. The Labute approximate surface area is 213 Å². The number of aryl methyl sites for hydroxylation is 3. The van der Waals surface area contributed by atoms with Crippen molar-refractivity contribution in [1.29, 1.82) is 0 Å². The predicted octanol–water partition coefficient (Wildman–Crippen LogP) is 5.88. The minimum absolute atomic E-state index is 0.0526. The van der Waals surface area contributed by atoms with Gasteiger partial charge in [0.15, 0.2) is 0 Å². The number of benzene rings is 3. The molecule has 0 unspecified atom stereocenters. The van der Waals surface area contributed by atoms with Gasteiger partial charge in [0.25, 0.3) is 5.91 Å². The molecule has 0 aliphatic rings. The van der Waals surface area contributed by atoms with Crippen LogP contribution in [0.5, 0.6) is 11.5 Å². The van der Waals surface area contributed by atoms with Crippen LogP contribution >= 0.6 is 0 Å². The van der Waals surface area contributed by atoms with Gasteiger partial charge in [-0.3, -0.25) is 4.79 Å². The van der Waals surface area contributed by atoms with Gasteiger partial charge < -0.3 is 19.4 Å². The van der Waals surface area contributed by atoms with Gasteiger partial charge in [0, 0.05) is 18.5 Å². The molecule has 0 fully saturated rings. The Morgan fingerprint density at radius 2 is 1.69 bits per heavy atom. The average Bonchev–Trinajstić information content (AvgIpc) is 3.25. The predicted molar refractivity (Wildman–Crippen MR) is 144 cm³/mol. The van der Waals surface area contributed by atoms with Gasteiger partial charge in [0.2, 0.25) is 0 Å². The molecule has 1 heterocycles. The van der Waals surface area contributed by atoms with Crippen LogP contribution in [-0.4, -0.2) is 35.7 Å². The lowest BCUT2D eigenvalue weighted by Crippen LogP contribution is -2.24. The van der Waals surface area contributed by atoms with Crippen LogP contribution in [0.4, 0.5) is 0 Å². The number of para-hydroxylation sites is 2. The Morgan fingerprint density at radius 3 is 2.47 bits per heavy atom. The Balaban J connectivity index is 1.26. The molecule has 188 valence electrons. The van der Waals surface area contributed by atoms with Gasteiger partial charge in [-0.15, -0.1) is 0 Å². The van der Waals surface area contributed by atoms with E-state index in [9.17, 15) is 4.79 Å². The highest BCUT2D eigenvalue weighted by Gasteiger charge is 2.11. The van der Waals surface area contributed by atoms with Crippen molar-refractivity contribution in [3.05, 3.63) is 89.2 Å². The third-order valence-corrected chi connectivity index (χ3v) is 6.51. The first-order chi connectivity index (χ1) is 17.5. The summed E-state index contributed by atoms with van der Waals surface area (Å²) < 4.78 is 13.5. The van der Waals surface area contributed by atoms with Crippen molar-refractivity contribution in [1.82, 2.24) is 14.9 Å². The van der Waals surface area contributed by atoms with Crippen molar-refractivity contribution in [2.45, 2.75) is 46.1 Å². The highest BCUT2D eigenvalue weighted by Crippen LogP contribution is 2.20. The highest BCUT2D eigenvalue weighted by molar-refractivity contribution is 5.94. The molecule has 36 heavy (non-hydrogen) atoms. The van der Waals surface area contributed by atoms with Crippen molar-refractivity contribution in [2.24, 2.45) is 0 Å². The fourth-order valence-electron chi connectivity index (χ4n) is 4.26. The number of methoxy groups -OCH3 is 1. The van der Waals surface area contributed by atoms with E-state index in [1.54, 1.807) is 31.4 Å². The van der Waals surface area contributed by atoms with E-state index < -0.39 is 0 Å². The number of carbonyl (C=O) groups excluding carboxylic acids is 1. The van der Waals surface area contributed by atoms with E-state index in [4.69, 9.17) is 14.5 Å². The fraction of sp³-hybridized carbons (Fsp3) is 0.333. The topological polar surface area (TPSA) is 65.4 Å². The minimum atomic E-state index is -0.0526. The van der Waals surface area contributed by atoms with E-state index in [2.05, 4.69) is 54.1 Å². The van der Waals surface area contributed by atoms with Crippen LogP contribution in [-0.2, 0) is 13.0 Å². The summed E-state index contributed by atoms with van der Waals surface area (Å²) in [6, 6.07) is 21.7. The normalized spacial score (nSPS) is 11.0. The van der Waals surface area contributed by atoms with Crippen LogP contribution in [0.2, 0.25) is 0 Å². The summed E-state index contributed by atoms with van der Waals surface area (Å²) in [7, 11) is 1.62. The Kier molecular flexibility index (Phi) is 8.61. The molecule has 0 spiro atoms. The van der Waals surface area contributed by atoms with Gasteiger partial charge in [-0.25, -0.2) is 4.98 Å². The van der Waals surface area contributed by atoms with Gasteiger partial charge in [-0.1, -0.05) is 24.6 Å². The third kappa shape index (κ3) is 6.45. The molecule has 1 aromatic heterocycles. The number of aromatic nitrogens is 2. The summed E-state index contributed by atoms with van der Waals surface area (Å²) in [4.78, 5) is 17.2. The van der Waals surface area contributed by atoms with Gasteiger partial charge >= 0.3 is 0 Å². The van der Waals surface area contributed by atoms with Crippen LogP contribution in [0.1, 0.15) is 46.6 Å². The number of amides is 1. The second-order valence-electron chi connectivity index (χ2n) is 9.06. The standard InChI is InChI=1S/C30H35N3O3/c1-22-12-15-26(21-23(22)2)36-20-19-33-28-10-7-6-9-27(28)32-29(33)11-5-4-8-18-31-30(34)24-13-16-25(35-3)17-14-24/h6-7,9-10,12-17,21H,4-5,8,11,18-20H2,1-3H3,(H,31,34). The Hall–Kier alpha value is -3.80. The number of carbonyl (C=O) groups is 1. The maximum atomic E-state index is 12.3. The summed E-state index contributed by atoms with van der Waals surface area (Å²) in [5, 5.41) is 3.00. The highest BCUT2D eigenvalue weighted by atomic mass is 16.5. The lowest BCUT2D eigenvalue weighted by Gasteiger charge is -2.12. The Bertz CT molecular complexity index is 1290. The van der Waals surface area contributed by atoms with Crippen LogP contribution in [0, 0.1) is 13.8 Å². The number of rotatable bonds is 12. The number of nitrogens with one attached hydrogen (secondary N) is 1. The van der Waals surface area contributed by atoms with E-state index >= 15 is 0 Å². The molecule has 0 saturated heterocycles. The smallest absolute Gasteiger partial charge is 0.251 e. The van der Waals surface area contributed by atoms with E-state index in [0.29, 0.717) is 18.7 Å². The molecular weight excluding hydrogens is 450 g/mol. The largest absolute Gasteiger partial charge is 0.497 e. The number of unbranched alkanes of at least 4 members (excludes halogenated alkanes) is 2. The maximum absolute atomic E-state index is 12.3. The van der Waals surface area contributed by atoms with Crippen LogP contribution < -0.4 is 14.8 Å². The van der Waals surface area contributed by atoms with E-state index in [1.165, 1.54) is 11.1 Å².